The molecule has 0 aromatic rings. The van der Waals surface area contributed by atoms with Crippen molar-refractivity contribution in [2.24, 2.45) is 5.41 Å². The Labute approximate surface area is 333 Å². The van der Waals surface area contributed by atoms with E-state index in [9.17, 15) is 50.8 Å². The lowest BCUT2D eigenvalue weighted by Gasteiger charge is -2.30. The minimum absolute atomic E-state index is 0.149. The zero-order chi connectivity index (χ0) is 41.2. The lowest BCUT2D eigenvalue weighted by Crippen LogP contribution is -2.31. The van der Waals surface area contributed by atoms with Gasteiger partial charge in [-0.1, -0.05) is 39.2 Å². The van der Waals surface area contributed by atoms with E-state index in [0.717, 1.165) is 31.3 Å². The number of ether oxygens (including phenoxy) is 1. The van der Waals surface area contributed by atoms with Gasteiger partial charge in [-0.3, -0.25) is 0 Å². The fraction of sp³-hybridized carbons (Fsp3) is 0.932. The maximum absolute atomic E-state index is 12.8. The third kappa shape index (κ3) is 28.8. The van der Waals surface area contributed by atoms with Gasteiger partial charge in [-0.05, 0) is 166 Å². The summed E-state index contributed by atoms with van der Waals surface area (Å²) < 4.78 is 5.89. The molecule has 0 aromatic carbocycles. The molecule has 0 aromatic heterocycles. The van der Waals surface area contributed by atoms with Crippen LogP contribution in [-0.2, 0) is 9.53 Å². The largest absolute Gasteiger partial charge is 0.459 e. The predicted molar refractivity (Wildman–Crippen MR) is 217 cm³/mol. The van der Waals surface area contributed by atoms with Crippen LogP contribution >= 0.6 is 0 Å². The highest BCUT2D eigenvalue weighted by Gasteiger charge is 2.28. The summed E-state index contributed by atoms with van der Waals surface area (Å²) in [5.74, 6) is -0.352. The van der Waals surface area contributed by atoms with E-state index in [2.05, 4.69) is 0 Å². The molecule has 1 heterocycles. The number of hydrogen-bond acceptors (Lipinski definition) is 11. The average Bonchev–Trinajstić information content (AvgIpc) is 3.06. The number of aliphatic hydroxyl groups excluding tert-OH is 9. The molecule has 0 aliphatic carbocycles. The maximum Gasteiger partial charge on any atom is 0.330 e. The van der Waals surface area contributed by atoms with Crippen molar-refractivity contribution >= 4 is 5.97 Å². The predicted octanol–water partition coefficient (Wildman–Crippen LogP) is 6.29. The van der Waals surface area contributed by atoms with Crippen LogP contribution in [0, 0.1) is 5.41 Å². The number of aliphatic hydroxyl groups is 9. The van der Waals surface area contributed by atoms with Crippen LogP contribution in [0.4, 0.5) is 0 Å². The molecule has 9 N–H and O–H groups in total. The summed E-state index contributed by atoms with van der Waals surface area (Å²) in [6.07, 6.45) is 10.6. The van der Waals surface area contributed by atoms with Gasteiger partial charge in [0.2, 0.25) is 0 Å². The molecule has 1 aliphatic heterocycles. The monoisotopic (exact) mass is 789 g/mol. The van der Waals surface area contributed by atoms with Crippen molar-refractivity contribution in [3.63, 3.8) is 0 Å². The van der Waals surface area contributed by atoms with E-state index >= 15 is 0 Å². The molecule has 0 spiro atoms. The van der Waals surface area contributed by atoms with Crippen molar-refractivity contribution < 1.29 is 55.5 Å². The molecular weight excluding hydrogens is 704 g/mol. The van der Waals surface area contributed by atoms with Gasteiger partial charge in [0.05, 0.1) is 54.9 Å². The molecule has 4 unspecified atom stereocenters. The summed E-state index contributed by atoms with van der Waals surface area (Å²) in [4.78, 5) is 12.8. The van der Waals surface area contributed by atoms with E-state index in [1.165, 1.54) is 0 Å². The van der Waals surface area contributed by atoms with Gasteiger partial charge in [0.1, 0.15) is 6.10 Å². The smallest absolute Gasteiger partial charge is 0.330 e. The number of rotatable bonds is 0. The summed E-state index contributed by atoms with van der Waals surface area (Å²) in [5.41, 5.74) is 0.692. The zero-order valence-corrected chi connectivity index (χ0v) is 35.1. The fourth-order valence-corrected chi connectivity index (χ4v) is 7.65. The van der Waals surface area contributed by atoms with Gasteiger partial charge in [0.15, 0.2) is 0 Å². The van der Waals surface area contributed by atoms with Gasteiger partial charge in [-0.25, -0.2) is 4.79 Å². The number of cyclic esters (lactones) is 1. The standard InChI is InChI=1S/C44H84O11/c1-32-14-6-5-7-15-37(49)29-38(50)24-10-20-35(47)22-12-26-40(52)31-41(53)30-39(51)25-11-21-34(46)18-8-16-33(45)17-9-19-36(48)23-13-27-42(44(2,3)4)55-43(54)28-32/h28,33-42,45-53H,5-27,29-31H2,1-4H3/b32-28-/t33?,34-,35?,36+,37-,38+,39+,40?,41?,42-/m0/s1. The second kappa shape index (κ2) is 30.0. The molecule has 326 valence electrons. The highest BCUT2D eigenvalue weighted by atomic mass is 16.5. The van der Waals surface area contributed by atoms with Crippen molar-refractivity contribution in [1.29, 1.82) is 0 Å². The molecule has 0 bridgehead atoms. The molecular formula is C44H84O11. The summed E-state index contributed by atoms with van der Waals surface area (Å²) in [7, 11) is 0. The number of hydrogen-bond donors (Lipinski definition) is 9. The second-order valence-corrected chi connectivity index (χ2v) is 18.1. The molecule has 1 aliphatic rings. The normalized spacial score (nSPS) is 35.4. The van der Waals surface area contributed by atoms with Crippen LogP contribution in [0.1, 0.15) is 195 Å². The fourth-order valence-electron chi connectivity index (χ4n) is 7.65. The first-order valence-electron chi connectivity index (χ1n) is 21.9. The molecule has 0 saturated carbocycles. The Morgan fingerprint density at radius 3 is 1.11 bits per heavy atom. The minimum atomic E-state index is -0.844. The molecule has 0 amide bonds. The van der Waals surface area contributed by atoms with Crippen molar-refractivity contribution in [2.45, 2.75) is 256 Å². The molecule has 0 saturated heterocycles. The molecule has 11 heteroatoms. The molecule has 0 radical (unpaired) electrons. The van der Waals surface area contributed by atoms with Crippen LogP contribution in [0.3, 0.4) is 0 Å². The van der Waals surface area contributed by atoms with Crippen molar-refractivity contribution in [2.75, 3.05) is 0 Å². The van der Waals surface area contributed by atoms with Crippen LogP contribution in [-0.4, -0.2) is 113 Å². The quantitative estimate of drug-likeness (QED) is 0.125. The SMILES string of the molecule is C/C1=C/C(=O)O[C@H](C(C)(C)C)CCC[C@H](O)CCCC(O)CCC[C@H](O)CCC[C@@H](O)CC(O)CC(O)CCCC(O)CCC[C@@H](O)C[C@@H](O)CCCCC1. The summed E-state index contributed by atoms with van der Waals surface area (Å²) in [6.45, 7) is 8.06. The molecule has 0 fully saturated rings. The molecule has 55 heavy (non-hydrogen) atoms. The second-order valence-electron chi connectivity index (χ2n) is 18.1. The lowest BCUT2D eigenvalue weighted by molar-refractivity contribution is -0.149. The van der Waals surface area contributed by atoms with Gasteiger partial charge < -0.3 is 50.7 Å². The molecule has 1 rings (SSSR count). The van der Waals surface area contributed by atoms with Gasteiger partial charge >= 0.3 is 5.97 Å². The van der Waals surface area contributed by atoms with Crippen molar-refractivity contribution in [3.8, 4) is 0 Å². The van der Waals surface area contributed by atoms with E-state index in [4.69, 9.17) is 4.74 Å². The third-order valence-corrected chi connectivity index (χ3v) is 11.2. The van der Waals surface area contributed by atoms with E-state index in [-0.39, 0.29) is 30.3 Å². The number of esters is 1. The Bertz CT molecular complexity index is 985. The Morgan fingerprint density at radius 2 is 0.745 bits per heavy atom. The first kappa shape index (κ1) is 51.9. The highest BCUT2D eigenvalue weighted by molar-refractivity contribution is 5.82. The van der Waals surface area contributed by atoms with Crippen LogP contribution in [0.5, 0.6) is 0 Å². The van der Waals surface area contributed by atoms with E-state index in [1.807, 2.05) is 27.7 Å². The average molecular weight is 789 g/mol. The summed E-state index contributed by atoms with van der Waals surface area (Å²) >= 11 is 0. The van der Waals surface area contributed by atoms with Crippen LogP contribution in [0.15, 0.2) is 11.6 Å². The molecule has 11 nitrogen and oxygen atoms in total. The van der Waals surface area contributed by atoms with Crippen LogP contribution in [0.2, 0.25) is 0 Å². The van der Waals surface area contributed by atoms with Gasteiger partial charge in [0, 0.05) is 6.08 Å². The highest BCUT2D eigenvalue weighted by Crippen LogP contribution is 2.28. The summed E-state index contributed by atoms with van der Waals surface area (Å²) in [6, 6.07) is 0. The third-order valence-electron chi connectivity index (χ3n) is 11.2. The topological polar surface area (TPSA) is 208 Å². The van der Waals surface area contributed by atoms with Crippen molar-refractivity contribution in [1.82, 2.24) is 0 Å². The van der Waals surface area contributed by atoms with Gasteiger partial charge in [0.25, 0.3) is 0 Å². The first-order valence-corrected chi connectivity index (χ1v) is 21.9. The summed E-state index contributed by atoms with van der Waals surface area (Å²) in [5, 5.41) is 93.8. The van der Waals surface area contributed by atoms with Crippen LogP contribution < -0.4 is 0 Å². The molecule has 10 atom stereocenters. The van der Waals surface area contributed by atoms with E-state index in [1.54, 1.807) is 6.08 Å². The van der Waals surface area contributed by atoms with Gasteiger partial charge in [-0.15, -0.1) is 0 Å². The van der Waals surface area contributed by atoms with Crippen LogP contribution in [0.25, 0.3) is 0 Å². The Balaban J connectivity index is 2.67. The van der Waals surface area contributed by atoms with E-state index < -0.39 is 54.9 Å². The minimum Gasteiger partial charge on any atom is -0.459 e. The zero-order valence-electron chi connectivity index (χ0n) is 35.1. The van der Waals surface area contributed by atoms with Gasteiger partial charge in [-0.2, -0.15) is 0 Å². The number of carbonyl (C=O) groups excluding carboxylic acids is 1. The number of allylic oxidation sites excluding steroid dienone is 1. The number of carbonyl (C=O) groups is 1. The maximum atomic E-state index is 12.8. The first-order chi connectivity index (χ1) is 25.9. The van der Waals surface area contributed by atoms with E-state index in [0.29, 0.717) is 128 Å². The Hall–Kier alpha value is -1.15. The van der Waals surface area contributed by atoms with Crippen molar-refractivity contribution in [3.05, 3.63) is 11.6 Å². The Kier molecular flexibility index (Phi) is 28.3. The Morgan fingerprint density at radius 1 is 0.436 bits per heavy atom. The lowest BCUT2D eigenvalue weighted by atomic mass is 9.85.